The highest BCUT2D eigenvalue weighted by Gasteiger charge is 2.22. The number of benzene rings is 4. The van der Waals surface area contributed by atoms with Crippen molar-refractivity contribution < 1.29 is 37.9 Å². The maximum atomic E-state index is 5.72. The third kappa shape index (κ3) is 5.25. The topological polar surface area (TPSA) is 73.8 Å². The minimum Gasteiger partial charge on any atom is -0.493 e. The zero-order valence-corrected chi connectivity index (χ0v) is 24.0. The van der Waals surface area contributed by atoms with Crippen molar-refractivity contribution >= 4 is 0 Å². The lowest BCUT2D eigenvalue weighted by atomic mass is 9.88. The maximum Gasteiger partial charge on any atom is 0.161 e. The largest absolute Gasteiger partial charge is 0.493 e. The van der Waals surface area contributed by atoms with E-state index in [2.05, 4.69) is 0 Å². The van der Waals surface area contributed by atoms with E-state index in [1.807, 2.05) is 60.7 Å². The van der Waals surface area contributed by atoms with Gasteiger partial charge in [0.25, 0.3) is 0 Å². The quantitative estimate of drug-likeness (QED) is 0.204. The van der Waals surface area contributed by atoms with Gasteiger partial charge in [0.1, 0.15) is 0 Å². The number of hydrogen-bond donors (Lipinski definition) is 0. The molecule has 210 valence electrons. The van der Waals surface area contributed by atoms with Crippen molar-refractivity contribution in [2.45, 2.75) is 0 Å². The first-order chi connectivity index (χ1) is 19.5. The molecule has 0 radical (unpaired) electrons. The normalized spacial score (nSPS) is 10.5. The molecule has 0 fully saturated rings. The van der Waals surface area contributed by atoms with Crippen LogP contribution < -0.4 is 37.9 Å². The van der Waals surface area contributed by atoms with Gasteiger partial charge in [-0.3, -0.25) is 0 Å². The third-order valence-corrected chi connectivity index (χ3v) is 6.73. The van der Waals surface area contributed by atoms with E-state index in [1.54, 1.807) is 56.9 Å². The van der Waals surface area contributed by atoms with Gasteiger partial charge in [0, 0.05) is 0 Å². The predicted molar refractivity (Wildman–Crippen MR) is 155 cm³/mol. The molecule has 0 aliphatic rings. The van der Waals surface area contributed by atoms with E-state index < -0.39 is 0 Å². The lowest BCUT2D eigenvalue weighted by Gasteiger charge is -2.21. The molecule has 4 rings (SSSR count). The van der Waals surface area contributed by atoms with E-state index in [0.717, 1.165) is 33.4 Å². The Morgan fingerprint density at radius 2 is 0.525 bits per heavy atom. The highest BCUT2D eigenvalue weighted by Crippen LogP contribution is 2.48. The average Bonchev–Trinajstić information content (AvgIpc) is 3.02. The van der Waals surface area contributed by atoms with Crippen molar-refractivity contribution in [3.8, 4) is 79.4 Å². The summed E-state index contributed by atoms with van der Waals surface area (Å²) in [4.78, 5) is 0. The third-order valence-electron chi connectivity index (χ3n) is 6.73. The second-order valence-electron chi connectivity index (χ2n) is 8.65. The molecular formula is C32H34O8. The number of hydrogen-bond acceptors (Lipinski definition) is 8. The molecule has 0 atom stereocenters. The van der Waals surface area contributed by atoms with Gasteiger partial charge < -0.3 is 37.9 Å². The van der Waals surface area contributed by atoms with Crippen molar-refractivity contribution in [2.24, 2.45) is 0 Å². The zero-order chi connectivity index (χ0) is 28.8. The molecule has 8 nitrogen and oxygen atoms in total. The fourth-order valence-electron chi connectivity index (χ4n) is 4.69. The molecule has 8 heteroatoms. The molecule has 0 saturated carbocycles. The van der Waals surface area contributed by atoms with Crippen LogP contribution in [0.4, 0.5) is 0 Å². The van der Waals surface area contributed by atoms with Crippen LogP contribution in [0.1, 0.15) is 0 Å². The molecule has 0 aliphatic heterocycles. The second-order valence-corrected chi connectivity index (χ2v) is 8.65. The first-order valence-corrected chi connectivity index (χ1v) is 12.4. The van der Waals surface area contributed by atoms with E-state index in [-0.39, 0.29) is 0 Å². The SMILES string of the molecule is COc1ccc(-c2cc(OC)c(OC)cc2-c2cc(OC)c(OC)cc2-c2ccc(OC)c(OC)c2)cc1OC. The summed E-state index contributed by atoms with van der Waals surface area (Å²) < 4.78 is 45.0. The minimum absolute atomic E-state index is 0.578. The minimum atomic E-state index is 0.578. The van der Waals surface area contributed by atoms with Gasteiger partial charge in [0.15, 0.2) is 46.0 Å². The number of rotatable bonds is 11. The molecule has 0 bridgehead atoms. The Morgan fingerprint density at radius 1 is 0.275 bits per heavy atom. The Labute approximate surface area is 234 Å². The van der Waals surface area contributed by atoms with E-state index in [4.69, 9.17) is 37.9 Å². The fourth-order valence-corrected chi connectivity index (χ4v) is 4.69. The van der Waals surface area contributed by atoms with Crippen LogP contribution in [0.15, 0.2) is 60.7 Å². The van der Waals surface area contributed by atoms with Gasteiger partial charge in [0.2, 0.25) is 0 Å². The van der Waals surface area contributed by atoms with Gasteiger partial charge in [0.05, 0.1) is 56.9 Å². The van der Waals surface area contributed by atoms with Crippen LogP contribution in [0.25, 0.3) is 33.4 Å². The summed E-state index contributed by atoms with van der Waals surface area (Å²) in [6, 6.07) is 19.4. The van der Waals surface area contributed by atoms with Crippen LogP contribution in [-0.2, 0) is 0 Å². The van der Waals surface area contributed by atoms with Gasteiger partial charge in [-0.25, -0.2) is 0 Å². The average molecular weight is 547 g/mol. The first kappa shape index (κ1) is 28.3. The summed E-state index contributed by atoms with van der Waals surface area (Å²) in [5.41, 5.74) is 5.29. The Kier molecular flexibility index (Phi) is 8.79. The van der Waals surface area contributed by atoms with Gasteiger partial charge in [-0.05, 0) is 81.9 Å². The number of methoxy groups -OCH3 is 8. The van der Waals surface area contributed by atoms with E-state index in [1.165, 1.54) is 0 Å². The van der Waals surface area contributed by atoms with Gasteiger partial charge in [-0.15, -0.1) is 0 Å². The molecule has 0 heterocycles. The van der Waals surface area contributed by atoms with Crippen molar-refractivity contribution in [3.63, 3.8) is 0 Å². The second kappa shape index (κ2) is 12.4. The summed E-state index contributed by atoms with van der Waals surface area (Å²) in [6.07, 6.45) is 0. The predicted octanol–water partition coefficient (Wildman–Crippen LogP) is 6.76. The molecule has 0 aromatic heterocycles. The van der Waals surface area contributed by atoms with Crippen molar-refractivity contribution in [2.75, 3.05) is 56.9 Å². The molecule has 4 aromatic rings. The lowest BCUT2D eigenvalue weighted by Crippen LogP contribution is -1.98. The molecule has 0 aliphatic carbocycles. The van der Waals surface area contributed by atoms with E-state index >= 15 is 0 Å². The molecule has 0 unspecified atom stereocenters. The summed E-state index contributed by atoms with van der Waals surface area (Å²) in [6.45, 7) is 0. The Hall–Kier alpha value is -4.72. The molecule has 40 heavy (non-hydrogen) atoms. The molecule has 0 amide bonds. The standard InChI is InChI=1S/C32H34O8/c1-33-25-11-9-19(13-27(25)35-3)21-15-29(37-5)31(39-7)17-23(21)24-18-32(40-8)30(38-6)16-22(24)20-10-12-26(34-2)28(14-20)36-4/h9-18H,1-8H3. The van der Waals surface area contributed by atoms with E-state index in [0.29, 0.717) is 46.0 Å². The van der Waals surface area contributed by atoms with Crippen molar-refractivity contribution in [1.82, 2.24) is 0 Å². The smallest absolute Gasteiger partial charge is 0.161 e. The van der Waals surface area contributed by atoms with Gasteiger partial charge in [-0.1, -0.05) is 12.1 Å². The van der Waals surface area contributed by atoms with E-state index in [9.17, 15) is 0 Å². The zero-order valence-electron chi connectivity index (χ0n) is 24.0. The van der Waals surface area contributed by atoms with Crippen molar-refractivity contribution in [3.05, 3.63) is 60.7 Å². The fraction of sp³-hybridized carbons (Fsp3) is 0.250. The highest BCUT2D eigenvalue weighted by atomic mass is 16.5. The van der Waals surface area contributed by atoms with Gasteiger partial charge >= 0.3 is 0 Å². The Bertz CT molecular complexity index is 1380. The summed E-state index contributed by atoms with van der Waals surface area (Å²) >= 11 is 0. The maximum absolute atomic E-state index is 5.72. The van der Waals surface area contributed by atoms with Crippen LogP contribution in [-0.4, -0.2) is 56.9 Å². The summed E-state index contributed by atoms with van der Waals surface area (Å²) in [5.74, 6) is 4.80. The van der Waals surface area contributed by atoms with Crippen LogP contribution in [0.2, 0.25) is 0 Å². The summed E-state index contributed by atoms with van der Waals surface area (Å²) in [7, 11) is 12.9. The molecule has 0 spiro atoms. The Balaban J connectivity index is 2.10. The van der Waals surface area contributed by atoms with Crippen LogP contribution in [0.3, 0.4) is 0 Å². The monoisotopic (exact) mass is 546 g/mol. The van der Waals surface area contributed by atoms with Crippen LogP contribution in [0, 0.1) is 0 Å². The lowest BCUT2D eigenvalue weighted by molar-refractivity contribution is 0.354. The van der Waals surface area contributed by atoms with Crippen LogP contribution in [0.5, 0.6) is 46.0 Å². The highest BCUT2D eigenvalue weighted by molar-refractivity contribution is 5.95. The Morgan fingerprint density at radius 3 is 0.800 bits per heavy atom. The van der Waals surface area contributed by atoms with Crippen LogP contribution >= 0.6 is 0 Å². The number of ether oxygens (including phenoxy) is 8. The molecule has 0 N–H and O–H groups in total. The summed E-state index contributed by atoms with van der Waals surface area (Å²) in [5, 5.41) is 0. The van der Waals surface area contributed by atoms with Crippen molar-refractivity contribution in [1.29, 1.82) is 0 Å². The molecule has 0 saturated heterocycles. The molecule has 4 aromatic carbocycles. The van der Waals surface area contributed by atoms with Gasteiger partial charge in [-0.2, -0.15) is 0 Å². The molecular weight excluding hydrogens is 512 g/mol. The first-order valence-electron chi connectivity index (χ1n) is 12.4.